The van der Waals surface area contributed by atoms with Crippen LogP contribution in [0.25, 0.3) is 22.6 Å². The average molecular weight is 274 g/mol. The van der Waals surface area contributed by atoms with Gasteiger partial charge in [-0.1, -0.05) is 12.1 Å². The molecule has 96 valence electrons. The number of benzene rings is 2. The summed E-state index contributed by atoms with van der Waals surface area (Å²) in [5, 5.41) is 0. The van der Waals surface area contributed by atoms with Crippen molar-refractivity contribution in [2.24, 2.45) is 0 Å². The molecule has 0 amide bonds. The Morgan fingerprint density at radius 3 is 2.63 bits per heavy atom. The predicted molar refractivity (Wildman–Crippen MR) is 75.6 cm³/mol. The largest absolute Gasteiger partial charge is 0.497 e. The van der Waals surface area contributed by atoms with Crippen LogP contribution in [-0.2, 0) is 5.88 Å². The summed E-state index contributed by atoms with van der Waals surface area (Å²) in [6.45, 7) is 0. The number of rotatable bonds is 3. The van der Waals surface area contributed by atoms with E-state index in [0.717, 1.165) is 28.0 Å². The highest BCUT2D eigenvalue weighted by Gasteiger charge is 2.08. The lowest BCUT2D eigenvalue weighted by Crippen LogP contribution is -1.80. The fourth-order valence-corrected chi connectivity index (χ4v) is 2.07. The van der Waals surface area contributed by atoms with Crippen molar-refractivity contribution in [1.29, 1.82) is 0 Å². The number of ether oxygens (including phenoxy) is 1. The zero-order valence-electron chi connectivity index (χ0n) is 10.4. The molecule has 0 atom stereocenters. The van der Waals surface area contributed by atoms with Crippen LogP contribution in [0.1, 0.15) is 5.56 Å². The molecule has 0 N–H and O–H groups in total. The third-order valence-corrected chi connectivity index (χ3v) is 3.26. The summed E-state index contributed by atoms with van der Waals surface area (Å²) >= 11 is 5.77. The second kappa shape index (κ2) is 4.94. The predicted octanol–water partition coefficient (Wildman–Crippen LogP) is 4.24. The Hall–Kier alpha value is -2.00. The van der Waals surface area contributed by atoms with Crippen molar-refractivity contribution in [3.8, 4) is 17.2 Å². The summed E-state index contributed by atoms with van der Waals surface area (Å²) in [6, 6.07) is 13.4. The van der Waals surface area contributed by atoms with Gasteiger partial charge in [0.2, 0.25) is 5.89 Å². The van der Waals surface area contributed by atoms with Gasteiger partial charge in [0.1, 0.15) is 11.3 Å². The lowest BCUT2D eigenvalue weighted by atomic mass is 10.1. The highest BCUT2D eigenvalue weighted by molar-refractivity contribution is 6.17. The molecule has 3 aromatic rings. The number of oxazole rings is 1. The summed E-state index contributed by atoms with van der Waals surface area (Å²) in [5.74, 6) is 1.86. The second-order valence-electron chi connectivity index (χ2n) is 4.18. The van der Waals surface area contributed by atoms with Crippen LogP contribution in [0.4, 0.5) is 0 Å². The molecule has 1 aromatic heterocycles. The quantitative estimate of drug-likeness (QED) is 0.670. The van der Waals surface area contributed by atoms with Crippen LogP contribution in [0.3, 0.4) is 0 Å². The number of nitrogens with zero attached hydrogens (tertiary/aromatic N) is 1. The van der Waals surface area contributed by atoms with Crippen molar-refractivity contribution in [1.82, 2.24) is 4.98 Å². The smallest absolute Gasteiger partial charge is 0.227 e. The maximum absolute atomic E-state index is 5.77. The first kappa shape index (κ1) is 12.1. The Balaban J connectivity index is 2.04. The van der Waals surface area contributed by atoms with Crippen molar-refractivity contribution >= 4 is 22.7 Å². The number of hydrogen-bond donors (Lipinski definition) is 0. The van der Waals surface area contributed by atoms with Crippen molar-refractivity contribution in [2.75, 3.05) is 7.11 Å². The topological polar surface area (TPSA) is 35.3 Å². The SMILES string of the molecule is COc1ccc2nc(-c3ccc(CCl)cc3)oc2c1. The molecule has 19 heavy (non-hydrogen) atoms. The van der Waals surface area contributed by atoms with E-state index in [1.54, 1.807) is 7.11 Å². The van der Waals surface area contributed by atoms with Gasteiger partial charge < -0.3 is 9.15 Å². The van der Waals surface area contributed by atoms with Gasteiger partial charge in [-0.25, -0.2) is 4.98 Å². The number of alkyl halides is 1. The van der Waals surface area contributed by atoms with Crippen LogP contribution >= 0.6 is 11.6 Å². The molecule has 1 heterocycles. The van der Waals surface area contributed by atoms with E-state index in [1.807, 2.05) is 42.5 Å². The molecule has 0 radical (unpaired) electrons. The summed E-state index contributed by atoms with van der Waals surface area (Å²) in [6.07, 6.45) is 0. The van der Waals surface area contributed by atoms with Crippen LogP contribution in [0.2, 0.25) is 0 Å². The summed E-state index contributed by atoms with van der Waals surface area (Å²) in [7, 11) is 1.63. The highest BCUT2D eigenvalue weighted by Crippen LogP contribution is 2.27. The molecule has 0 saturated carbocycles. The van der Waals surface area contributed by atoms with Crippen LogP contribution in [0, 0.1) is 0 Å². The lowest BCUT2D eigenvalue weighted by Gasteiger charge is -1.97. The van der Waals surface area contributed by atoms with E-state index < -0.39 is 0 Å². The Morgan fingerprint density at radius 1 is 1.16 bits per heavy atom. The molecule has 3 rings (SSSR count). The van der Waals surface area contributed by atoms with Gasteiger partial charge in [-0.2, -0.15) is 0 Å². The van der Waals surface area contributed by atoms with E-state index in [-0.39, 0.29) is 0 Å². The van der Waals surface area contributed by atoms with E-state index >= 15 is 0 Å². The molecule has 2 aromatic carbocycles. The molecule has 0 spiro atoms. The Labute approximate surface area is 115 Å². The van der Waals surface area contributed by atoms with E-state index in [1.165, 1.54) is 0 Å². The number of methoxy groups -OCH3 is 1. The standard InChI is InChI=1S/C15H12ClNO2/c1-18-12-6-7-13-14(8-12)19-15(17-13)11-4-2-10(9-16)3-5-11/h2-8H,9H2,1H3. The summed E-state index contributed by atoms with van der Waals surface area (Å²) in [4.78, 5) is 4.46. The number of hydrogen-bond acceptors (Lipinski definition) is 3. The van der Waals surface area contributed by atoms with E-state index in [9.17, 15) is 0 Å². The minimum absolute atomic E-state index is 0.505. The molecule has 0 aliphatic rings. The Kier molecular flexibility index (Phi) is 3.13. The first-order valence-electron chi connectivity index (χ1n) is 5.90. The average Bonchev–Trinajstić information content (AvgIpc) is 2.90. The first-order valence-corrected chi connectivity index (χ1v) is 6.43. The zero-order chi connectivity index (χ0) is 13.2. The molecular weight excluding hydrogens is 262 g/mol. The molecule has 0 saturated heterocycles. The molecule has 0 aliphatic carbocycles. The lowest BCUT2D eigenvalue weighted by molar-refractivity contribution is 0.414. The van der Waals surface area contributed by atoms with Crippen LogP contribution < -0.4 is 4.74 Å². The Morgan fingerprint density at radius 2 is 1.95 bits per heavy atom. The van der Waals surface area contributed by atoms with Gasteiger partial charge in [-0.15, -0.1) is 11.6 Å². The molecule has 4 heteroatoms. The fourth-order valence-electron chi connectivity index (χ4n) is 1.89. The second-order valence-corrected chi connectivity index (χ2v) is 4.45. The minimum atomic E-state index is 0.505. The molecule has 0 aliphatic heterocycles. The van der Waals surface area contributed by atoms with Crippen molar-refractivity contribution in [3.05, 3.63) is 48.0 Å². The maximum Gasteiger partial charge on any atom is 0.227 e. The zero-order valence-corrected chi connectivity index (χ0v) is 11.1. The van der Waals surface area contributed by atoms with E-state index in [0.29, 0.717) is 11.8 Å². The van der Waals surface area contributed by atoms with Gasteiger partial charge in [0, 0.05) is 17.5 Å². The normalized spacial score (nSPS) is 10.8. The number of halogens is 1. The van der Waals surface area contributed by atoms with Crippen molar-refractivity contribution in [2.45, 2.75) is 5.88 Å². The molecule has 0 unspecified atom stereocenters. The first-order chi connectivity index (χ1) is 9.30. The van der Waals surface area contributed by atoms with Gasteiger partial charge in [0.15, 0.2) is 5.58 Å². The summed E-state index contributed by atoms with van der Waals surface area (Å²) < 4.78 is 10.9. The van der Waals surface area contributed by atoms with Crippen LogP contribution in [-0.4, -0.2) is 12.1 Å². The monoisotopic (exact) mass is 273 g/mol. The fraction of sp³-hybridized carbons (Fsp3) is 0.133. The van der Waals surface area contributed by atoms with Gasteiger partial charge in [0.25, 0.3) is 0 Å². The van der Waals surface area contributed by atoms with E-state index in [4.69, 9.17) is 20.8 Å². The third kappa shape index (κ3) is 2.29. The van der Waals surface area contributed by atoms with Gasteiger partial charge >= 0.3 is 0 Å². The maximum atomic E-state index is 5.77. The molecule has 0 bridgehead atoms. The van der Waals surface area contributed by atoms with Crippen LogP contribution in [0.5, 0.6) is 5.75 Å². The van der Waals surface area contributed by atoms with Crippen LogP contribution in [0.15, 0.2) is 46.9 Å². The third-order valence-electron chi connectivity index (χ3n) is 2.95. The Bertz CT molecular complexity index is 704. The van der Waals surface area contributed by atoms with Gasteiger partial charge in [-0.3, -0.25) is 0 Å². The van der Waals surface area contributed by atoms with E-state index in [2.05, 4.69) is 4.98 Å². The van der Waals surface area contributed by atoms with Crippen molar-refractivity contribution < 1.29 is 9.15 Å². The number of aromatic nitrogens is 1. The number of fused-ring (bicyclic) bond motifs is 1. The molecule has 3 nitrogen and oxygen atoms in total. The molecule has 0 fully saturated rings. The summed E-state index contributed by atoms with van der Waals surface area (Å²) in [5.41, 5.74) is 3.54. The van der Waals surface area contributed by atoms with Crippen molar-refractivity contribution in [3.63, 3.8) is 0 Å². The minimum Gasteiger partial charge on any atom is -0.497 e. The van der Waals surface area contributed by atoms with Gasteiger partial charge in [0.05, 0.1) is 7.11 Å². The molecular formula is C15H12ClNO2. The van der Waals surface area contributed by atoms with Gasteiger partial charge in [-0.05, 0) is 29.8 Å². The highest BCUT2D eigenvalue weighted by atomic mass is 35.5.